The molecule has 1 saturated heterocycles. The van der Waals surface area contributed by atoms with E-state index in [1.807, 2.05) is 0 Å². The minimum Gasteiger partial charge on any atom is -0.353 e. The molecule has 2 amide bonds. The molecule has 7 nitrogen and oxygen atoms in total. The van der Waals surface area contributed by atoms with Gasteiger partial charge in [0, 0.05) is 31.6 Å². The first-order chi connectivity index (χ1) is 14.2. The zero-order valence-electron chi connectivity index (χ0n) is 16.2. The van der Waals surface area contributed by atoms with Crippen molar-refractivity contribution in [1.29, 1.82) is 0 Å². The predicted molar refractivity (Wildman–Crippen MR) is 111 cm³/mol. The number of carbonyl (C=O) groups excluding carboxylic acids is 2. The van der Waals surface area contributed by atoms with E-state index in [0.717, 1.165) is 24.3 Å². The molecule has 2 N–H and O–H groups in total. The van der Waals surface area contributed by atoms with Gasteiger partial charge in [-0.2, -0.15) is 0 Å². The third kappa shape index (κ3) is 5.28. The number of nitrogens with zero attached hydrogens (tertiary/aromatic N) is 1. The number of hydrogen-bond donors (Lipinski definition) is 2. The Kier molecular flexibility index (Phi) is 6.62. The van der Waals surface area contributed by atoms with E-state index in [1.54, 1.807) is 4.90 Å². The SMILES string of the molecule is CC(=O)NC1CCN(C(=O)c2ccc(Cl)c(NS(=O)(=O)c3ccc(F)cc3)c2)CC1. The van der Waals surface area contributed by atoms with Gasteiger partial charge in [-0.05, 0) is 55.3 Å². The molecule has 1 aliphatic rings. The van der Waals surface area contributed by atoms with Crippen molar-refractivity contribution < 1.29 is 22.4 Å². The van der Waals surface area contributed by atoms with Crippen molar-refractivity contribution in [1.82, 2.24) is 10.2 Å². The highest BCUT2D eigenvalue weighted by Crippen LogP contribution is 2.27. The molecular weight excluding hydrogens is 433 g/mol. The maximum absolute atomic E-state index is 13.1. The zero-order chi connectivity index (χ0) is 21.9. The van der Waals surface area contributed by atoms with Crippen molar-refractivity contribution in [2.24, 2.45) is 0 Å². The Hall–Kier alpha value is -2.65. The number of halogens is 2. The van der Waals surface area contributed by atoms with E-state index in [1.165, 1.54) is 25.1 Å². The molecule has 2 aromatic carbocycles. The Morgan fingerprint density at radius 1 is 1.10 bits per heavy atom. The van der Waals surface area contributed by atoms with Gasteiger partial charge in [-0.3, -0.25) is 14.3 Å². The molecule has 0 saturated carbocycles. The normalized spacial score (nSPS) is 15.0. The second-order valence-electron chi connectivity index (χ2n) is 7.02. The lowest BCUT2D eigenvalue weighted by Gasteiger charge is -2.32. The summed E-state index contributed by atoms with van der Waals surface area (Å²) in [6, 6.07) is 8.75. The largest absolute Gasteiger partial charge is 0.353 e. The average Bonchev–Trinajstić information content (AvgIpc) is 2.69. The van der Waals surface area contributed by atoms with Crippen LogP contribution in [0.5, 0.6) is 0 Å². The summed E-state index contributed by atoms with van der Waals surface area (Å²) >= 11 is 6.12. The molecule has 0 bridgehead atoms. The Morgan fingerprint density at radius 2 is 1.73 bits per heavy atom. The summed E-state index contributed by atoms with van der Waals surface area (Å²) in [5.74, 6) is -0.910. The molecule has 0 unspecified atom stereocenters. The van der Waals surface area contributed by atoms with Gasteiger partial charge in [-0.15, -0.1) is 0 Å². The summed E-state index contributed by atoms with van der Waals surface area (Å²) in [6.45, 7) is 2.41. The van der Waals surface area contributed by atoms with Crippen LogP contribution in [0, 0.1) is 5.82 Å². The Labute approximate surface area is 179 Å². The lowest BCUT2D eigenvalue weighted by atomic mass is 10.0. The highest BCUT2D eigenvalue weighted by molar-refractivity contribution is 7.92. The molecule has 2 aromatic rings. The number of sulfonamides is 1. The lowest BCUT2D eigenvalue weighted by molar-refractivity contribution is -0.119. The van der Waals surface area contributed by atoms with E-state index >= 15 is 0 Å². The van der Waals surface area contributed by atoms with Crippen LogP contribution in [0.1, 0.15) is 30.1 Å². The third-order valence-corrected chi connectivity index (χ3v) is 6.48. The van der Waals surface area contributed by atoms with Crippen LogP contribution >= 0.6 is 11.6 Å². The summed E-state index contributed by atoms with van der Waals surface area (Å²) in [5.41, 5.74) is 0.342. The van der Waals surface area contributed by atoms with Crippen LogP contribution in [0.15, 0.2) is 47.4 Å². The monoisotopic (exact) mass is 453 g/mol. The summed E-state index contributed by atoms with van der Waals surface area (Å²) < 4.78 is 40.5. The van der Waals surface area contributed by atoms with Gasteiger partial charge >= 0.3 is 0 Å². The van der Waals surface area contributed by atoms with Gasteiger partial charge in [0.1, 0.15) is 5.82 Å². The van der Waals surface area contributed by atoms with E-state index in [9.17, 15) is 22.4 Å². The molecule has 10 heteroatoms. The predicted octanol–water partition coefficient (Wildman–Crippen LogP) is 3.02. The zero-order valence-corrected chi connectivity index (χ0v) is 17.8. The van der Waals surface area contributed by atoms with Crippen molar-refractivity contribution in [2.45, 2.75) is 30.7 Å². The fraction of sp³-hybridized carbons (Fsp3) is 0.300. The molecule has 0 radical (unpaired) electrons. The molecule has 1 aliphatic heterocycles. The summed E-state index contributed by atoms with van der Waals surface area (Å²) in [5, 5.41) is 2.97. The van der Waals surface area contributed by atoms with Crippen molar-refractivity contribution in [3.8, 4) is 0 Å². The van der Waals surface area contributed by atoms with Gasteiger partial charge in [0.05, 0.1) is 15.6 Å². The van der Waals surface area contributed by atoms with Crippen molar-refractivity contribution in [3.63, 3.8) is 0 Å². The molecule has 0 atom stereocenters. The fourth-order valence-corrected chi connectivity index (χ4v) is 4.54. The van der Waals surface area contributed by atoms with Gasteiger partial charge in [0.15, 0.2) is 0 Å². The van der Waals surface area contributed by atoms with E-state index in [0.29, 0.717) is 25.9 Å². The second-order valence-corrected chi connectivity index (χ2v) is 9.11. The van der Waals surface area contributed by atoms with Gasteiger partial charge < -0.3 is 10.2 Å². The van der Waals surface area contributed by atoms with Crippen LogP contribution in [0.4, 0.5) is 10.1 Å². The summed E-state index contributed by atoms with van der Waals surface area (Å²) in [4.78, 5) is 25.5. The summed E-state index contributed by atoms with van der Waals surface area (Å²) in [7, 11) is -4.00. The van der Waals surface area contributed by atoms with Crippen LogP contribution in [-0.2, 0) is 14.8 Å². The van der Waals surface area contributed by atoms with Gasteiger partial charge in [-0.25, -0.2) is 12.8 Å². The topological polar surface area (TPSA) is 95.6 Å². The van der Waals surface area contributed by atoms with Gasteiger partial charge in [-0.1, -0.05) is 11.6 Å². The molecule has 1 fully saturated rings. The minimum atomic E-state index is -4.00. The molecule has 0 aliphatic carbocycles. The standard InChI is InChI=1S/C20H21ClFN3O4S/c1-13(26)23-16-8-10-25(11-9-16)20(27)14-2-7-18(21)19(12-14)24-30(28,29)17-5-3-15(22)4-6-17/h2-7,12,16,24H,8-11H2,1H3,(H,23,26). The molecule has 0 aromatic heterocycles. The number of piperidine rings is 1. The number of nitrogens with one attached hydrogen (secondary N) is 2. The first-order valence-corrected chi connectivity index (χ1v) is 11.2. The summed E-state index contributed by atoms with van der Waals surface area (Å²) in [6.07, 6.45) is 1.28. The van der Waals surface area contributed by atoms with Crippen LogP contribution < -0.4 is 10.0 Å². The second kappa shape index (κ2) is 9.01. The number of likely N-dealkylation sites (tertiary alicyclic amines) is 1. The van der Waals surface area contributed by atoms with Gasteiger partial charge in [0.2, 0.25) is 5.91 Å². The molecule has 0 spiro atoms. The maximum Gasteiger partial charge on any atom is 0.261 e. The molecule has 160 valence electrons. The Morgan fingerprint density at radius 3 is 2.33 bits per heavy atom. The number of carbonyl (C=O) groups is 2. The van der Waals surface area contributed by atoms with Crippen molar-refractivity contribution >= 4 is 39.1 Å². The highest BCUT2D eigenvalue weighted by atomic mass is 35.5. The molecule has 3 rings (SSSR count). The number of anilines is 1. The van der Waals surface area contributed by atoms with E-state index in [4.69, 9.17) is 11.6 Å². The Balaban J connectivity index is 1.74. The van der Waals surface area contributed by atoms with E-state index in [-0.39, 0.29) is 39.0 Å². The van der Waals surface area contributed by atoms with E-state index in [2.05, 4.69) is 10.0 Å². The van der Waals surface area contributed by atoms with Gasteiger partial charge in [0.25, 0.3) is 15.9 Å². The molecular formula is C20H21ClFN3O4S. The highest BCUT2D eigenvalue weighted by Gasteiger charge is 2.25. The van der Waals surface area contributed by atoms with Crippen molar-refractivity contribution in [2.75, 3.05) is 17.8 Å². The maximum atomic E-state index is 13.1. The number of hydrogen-bond acceptors (Lipinski definition) is 4. The van der Waals surface area contributed by atoms with Crippen LogP contribution in [0.25, 0.3) is 0 Å². The molecule has 1 heterocycles. The third-order valence-electron chi connectivity index (χ3n) is 4.77. The van der Waals surface area contributed by atoms with Crippen LogP contribution in [-0.4, -0.2) is 44.3 Å². The molecule has 30 heavy (non-hydrogen) atoms. The van der Waals surface area contributed by atoms with Crippen molar-refractivity contribution in [3.05, 3.63) is 58.9 Å². The van der Waals surface area contributed by atoms with E-state index < -0.39 is 15.8 Å². The number of rotatable bonds is 5. The number of benzene rings is 2. The Bertz CT molecular complexity index is 1050. The van der Waals surface area contributed by atoms with Crippen LogP contribution in [0.2, 0.25) is 5.02 Å². The average molecular weight is 454 g/mol. The quantitative estimate of drug-likeness (QED) is 0.727. The first-order valence-electron chi connectivity index (χ1n) is 9.30. The lowest BCUT2D eigenvalue weighted by Crippen LogP contribution is -2.46. The first kappa shape index (κ1) is 22.0. The smallest absolute Gasteiger partial charge is 0.261 e. The fourth-order valence-electron chi connectivity index (χ4n) is 3.25. The van der Waals surface area contributed by atoms with Crippen LogP contribution in [0.3, 0.4) is 0 Å². The number of amides is 2. The minimum absolute atomic E-state index is 0.0369.